The molecule has 1 unspecified atom stereocenters. The molecule has 152 valence electrons. The smallest absolute Gasteiger partial charge is 0.408 e. The maximum atomic E-state index is 11.8. The van der Waals surface area contributed by atoms with Crippen LogP contribution in [0.4, 0.5) is 4.79 Å². The fourth-order valence-corrected chi connectivity index (χ4v) is 2.27. The number of carboxylic acid groups (broad SMARTS) is 1. The minimum absolute atomic E-state index is 0.480. The molecular formula is C22H29NO5. The van der Waals surface area contributed by atoms with Crippen LogP contribution in [0.5, 0.6) is 0 Å². The molecule has 0 saturated heterocycles. The van der Waals surface area contributed by atoms with Gasteiger partial charge in [-0.15, -0.1) is 0 Å². The number of hydrogen-bond donors (Lipinski definition) is 2. The third-order valence-corrected chi connectivity index (χ3v) is 3.68. The van der Waals surface area contributed by atoms with Crippen LogP contribution in [0.3, 0.4) is 0 Å². The van der Waals surface area contributed by atoms with E-state index in [1.807, 2.05) is 30.3 Å². The molecule has 6 nitrogen and oxygen atoms in total. The topological polar surface area (TPSA) is 84.9 Å². The molecule has 0 aromatic heterocycles. The first-order chi connectivity index (χ1) is 13.1. The van der Waals surface area contributed by atoms with Crippen molar-refractivity contribution in [3.63, 3.8) is 0 Å². The summed E-state index contributed by atoms with van der Waals surface area (Å²) in [5.41, 5.74) is -0.502. The van der Waals surface area contributed by atoms with E-state index >= 15 is 0 Å². The average molecular weight is 387 g/mol. The SMILES string of the molecule is CC(C)(C)OC(=O)NC(C)(C(=O)O)c1ccccc1.COCc1ccccc1. The van der Waals surface area contributed by atoms with Gasteiger partial charge in [-0.3, -0.25) is 0 Å². The largest absolute Gasteiger partial charge is 0.479 e. The maximum absolute atomic E-state index is 11.8. The predicted octanol–water partition coefficient (Wildman–Crippen LogP) is 4.34. The van der Waals surface area contributed by atoms with E-state index in [9.17, 15) is 14.7 Å². The van der Waals surface area contributed by atoms with Crippen molar-refractivity contribution in [1.29, 1.82) is 0 Å². The normalized spacial score (nSPS) is 12.8. The van der Waals surface area contributed by atoms with Gasteiger partial charge in [-0.05, 0) is 38.8 Å². The number of ether oxygens (including phenoxy) is 2. The lowest BCUT2D eigenvalue weighted by Gasteiger charge is -2.28. The maximum Gasteiger partial charge on any atom is 0.408 e. The number of nitrogens with one attached hydrogen (secondary N) is 1. The molecule has 0 aliphatic rings. The Bertz CT molecular complexity index is 741. The zero-order valence-electron chi connectivity index (χ0n) is 17.1. The third kappa shape index (κ3) is 7.80. The summed E-state index contributed by atoms with van der Waals surface area (Å²) in [5, 5.41) is 11.8. The van der Waals surface area contributed by atoms with Gasteiger partial charge in [0.1, 0.15) is 5.60 Å². The van der Waals surface area contributed by atoms with E-state index in [0.717, 1.165) is 0 Å². The molecule has 0 bridgehead atoms. The number of alkyl carbamates (subject to hydrolysis) is 1. The fraction of sp³-hybridized carbons (Fsp3) is 0.364. The summed E-state index contributed by atoms with van der Waals surface area (Å²) in [6, 6.07) is 18.6. The van der Waals surface area contributed by atoms with Gasteiger partial charge in [0, 0.05) is 7.11 Å². The van der Waals surface area contributed by atoms with Gasteiger partial charge in [0.15, 0.2) is 5.54 Å². The lowest BCUT2D eigenvalue weighted by atomic mass is 9.92. The van der Waals surface area contributed by atoms with Crippen LogP contribution in [0.2, 0.25) is 0 Å². The van der Waals surface area contributed by atoms with E-state index < -0.39 is 23.2 Å². The van der Waals surface area contributed by atoms with Gasteiger partial charge in [0.05, 0.1) is 6.61 Å². The van der Waals surface area contributed by atoms with Gasteiger partial charge in [-0.2, -0.15) is 0 Å². The highest BCUT2D eigenvalue weighted by Crippen LogP contribution is 2.21. The molecule has 0 aliphatic carbocycles. The van der Waals surface area contributed by atoms with Gasteiger partial charge >= 0.3 is 12.1 Å². The molecule has 2 aromatic rings. The number of amides is 1. The Kier molecular flexibility index (Phi) is 8.67. The van der Waals surface area contributed by atoms with Crippen LogP contribution in [0.15, 0.2) is 60.7 Å². The monoisotopic (exact) mass is 387 g/mol. The summed E-state index contributed by atoms with van der Waals surface area (Å²) in [4.78, 5) is 23.2. The predicted molar refractivity (Wildman–Crippen MR) is 108 cm³/mol. The first kappa shape index (κ1) is 23.2. The molecule has 0 radical (unpaired) electrons. The number of aliphatic carboxylic acids is 1. The number of carboxylic acids is 1. The first-order valence-corrected chi connectivity index (χ1v) is 8.91. The molecule has 1 atom stereocenters. The van der Waals surface area contributed by atoms with E-state index in [1.165, 1.54) is 12.5 Å². The van der Waals surface area contributed by atoms with Crippen molar-refractivity contribution < 1.29 is 24.2 Å². The van der Waals surface area contributed by atoms with Gasteiger partial charge in [0.2, 0.25) is 0 Å². The Morgan fingerprint density at radius 1 is 0.929 bits per heavy atom. The summed E-state index contributed by atoms with van der Waals surface area (Å²) < 4.78 is 10.0. The molecule has 0 spiro atoms. The molecule has 28 heavy (non-hydrogen) atoms. The highest BCUT2D eigenvalue weighted by Gasteiger charge is 2.38. The van der Waals surface area contributed by atoms with Gasteiger partial charge in [-0.25, -0.2) is 9.59 Å². The van der Waals surface area contributed by atoms with Crippen LogP contribution < -0.4 is 5.32 Å². The minimum Gasteiger partial charge on any atom is -0.479 e. The Morgan fingerprint density at radius 2 is 1.43 bits per heavy atom. The summed E-state index contributed by atoms with van der Waals surface area (Å²) in [6.07, 6.45) is -0.763. The Balaban J connectivity index is 0.000000362. The Hall–Kier alpha value is -2.86. The molecule has 0 fully saturated rings. The highest BCUT2D eigenvalue weighted by molar-refractivity contribution is 5.85. The first-order valence-electron chi connectivity index (χ1n) is 8.91. The van der Waals surface area contributed by atoms with E-state index in [1.54, 1.807) is 58.2 Å². The fourth-order valence-electron chi connectivity index (χ4n) is 2.27. The van der Waals surface area contributed by atoms with Crippen molar-refractivity contribution >= 4 is 12.1 Å². The summed E-state index contributed by atoms with van der Waals surface area (Å²) in [7, 11) is 1.70. The van der Waals surface area contributed by atoms with Crippen LogP contribution >= 0.6 is 0 Å². The van der Waals surface area contributed by atoms with Crippen molar-refractivity contribution in [2.75, 3.05) is 7.11 Å². The Morgan fingerprint density at radius 3 is 1.86 bits per heavy atom. The standard InChI is InChI=1S/C14H19NO4.C8H10O/c1-13(2,3)19-12(18)15-14(4,11(16)17)10-8-6-5-7-9-10;1-9-7-8-5-3-2-4-6-8/h5-9H,1-4H3,(H,15,18)(H,16,17);2-6H,7H2,1H3. The van der Waals surface area contributed by atoms with Crippen molar-refractivity contribution in [3.05, 3.63) is 71.8 Å². The van der Waals surface area contributed by atoms with Crippen molar-refractivity contribution in [2.24, 2.45) is 0 Å². The van der Waals surface area contributed by atoms with Crippen LogP contribution in [-0.2, 0) is 26.4 Å². The summed E-state index contributed by atoms with van der Waals surface area (Å²) in [5.74, 6) is -1.15. The van der Waals surface area contributed by atoms with Gasteiger partial charge in [0.25, 0.3) is 0 Å². The molecule has 6 heteroatoms. The number of methoxy groups -OCH3 is 1. The number of carbonyl (C=O) groups is 2. The molecular weight excluding hydrogens is 358 g/mol. The van der Waals surface area contributed by atoms with Crippen LogP contribution in [0, 0.1) is 0 Å². The molecule has 2 N–H and O–H groups in total. The second-order valence-electron chi connectivity index (χ2n) is 7.34. The van der Waals surface area contributed by atoms with Crippen molar-refractivity contribution in [2.45, 2.75) is 45.4 Å². The van der Waals surface area contributed by atoms with Gasteiger partial charge < -0.3 is 19.9 Å². The summed E-state index contributed by atoms with van der Waals surface area (Å²) in [6.45, 7) is 7.28. The number of carbonyl (C=O) groups excluding carboxylic acids is 1. The minimum atomic E-state index is -1.52. The van der Waals surface area contributed by atoms with Crippen molar-refractivity contribution in [3.8, 4) is 0 Å². The van der Waals surface area contributed by atoms with E-state index in [4.69, 9.17) is 9.47 Å². The van der Waals surface area contributed by atoms with Gasteiger partial charge in [-0.1, -0.05) is 60.7 Å². The molecule has 2 aromatic carbocycles. The van der Waals surface area contributed by atoms with Crippen molar-refractivity contribution in [1.82, 2.24) is 5.32 Å². The lowest BCUT2D eigenvalue weighted by molar-refractivity contribution is -0.144. The molecule has 2 rings (SSSR count). The van der Waals surface area contributed by atoms with E-state index in [-0.39, 0.29) is 0 Å². The molecule has 0 aliphatic heterocycles. The quantitative estimate of drug-likeness (QED) is 0.797. The average Bonchev–Trinajstić information content (AvgIpc) is 2.62. The number of rotatable bonds is 5. The Labute approximate surface area is 166 Å². The molecule has 0 heterocycles. The lowest BCUT2D eigenvalue weighted by Crippen LogP contribution is -2.50. The second kappa shape index (κ2) is 10.5. The number of benzene rings is 2. The van der Waals surface area contributed by atoms with Crippen LogP contribution in [0.1, 0.15) is 38.8 Å². The molecule has 1 amide bonds. The van der Waals surface area contributed by atoms with Crippen LogP contribution in [0.25, 0.3) is 0 Å². The van der Waals surface area contributed by atoms with Crippen LogP contribution in [-0.4, -0.2) is 29.9 Å². The summed E-state index contributed by atoms with van der Waals surface area (Å²) >= 11 is 0. The zero-order chi connectivity index (χ0) is 21.2. The number of hydrogen-bond acceptors (Lipinski definition) is 4. The highest BCUT2D eigenvalue weighted by atomic mass is 16.6. The zero-order valence-corrected chi connectivity index (χ0v) is 17.1. The third-order valence-electron chi connectivity index (χ3n) is 3.68. The van der Waals surface area contributed by atoms with E-state index in [2.05, 4.69) is 5.32 Å². The second-order valence-corrected chi connectivity index (χ2v) is 7.34. The molecule has 0 saturated carbocycles. The van der Waals surface area contributed by atoms with E-state index in [0.29, 0.717) is 12.2 Å².